The fourth-order valence-corrected chi connectivity index (χ4v) is 3.63. The predicted molar refractivity (Wildman–Crippen MR) is 126 cm³/mol. The monoisotopic (exact) mass is 469 g/mol. The molecule has 1 aromatic carbocycles. The first-order chi connectivity index (χ1) is 15.9. The Kier molecular flexibility index (Phi) is 7.16. The fourth-order valence-electron chi connectivity index (χ4n) is 3.63. The summed E-state index contributed by atoms with van der Waals surface area (Å²) in [7, 11) is 0. The van der Waals surface area contributed by atoms with E-state index in [0.29, 0.717) is 40.5 Å². The van der Waals surface area contributed by atoms with E-state index >= 15 is 0 Å². The van der Waals surface area contributed by atoms with Gasteiger partial charge in [0.1, 0.15) is 34.4 Å². The summed E-state index contributed by atoms with van der Waals surface area (Å²) in [6.45, 7) is 8.67. The lowest BCUT2D eigenvalue weighted by atomic mass is 9.96. The van der Waals surface area contributed by atoms with E-state index in [9.17, 15) is 13.9 Å². The number of rotatable bonds is 7. The van der Waals surface area contributed by atoms with Gasteiger partial charge in [-0.2, -0.15) is 0 Å². The zero-order valence-electron chi connectivity index (χ0n) is 19.9. The number of aromatic nitrogens is 3. The number of hydrogen-bond donors (Lipinski definition) is 3. The van der Waals surface area contributed by atoms with Gasteiger partial charge in [-0.3, -0.25) is 4.98 Å². The number of nitrogens with two attached hydrogens (primary N) is 2. The molecule has 34 heavy (non-hydrogen) atoms. The largest absolute Gasteiger partial charge is 0.440 e. The average molecular weight is 470 g/mol. The van der Waals surface area contributed by atoms with Gasteiger partial charge in [0.15, 0.2) is 0 Å². The van der Waals surface area contributed by atoms with Crippen LogP contribution >= 0.6 is 0 Å². The molecule has 5 N–H and O–H groups in total. The lowest BCUT2D eigenvalue weighted by Gasteiger charge is -2.16. The molecule has 3 rings (SSSR count). The lowest BCUT2D eigenvalue weighted by Crippen LogP contribution is -2.17. The fraction of sp³-hybridized carbons (Fsp3) is 0.320. The molecule has 0 aliphatic carbocycles. The van der Waals surface area contributed by atoms with Gasteiger partial charge in [-0.05, 0) is 51.0 Å². The van der Waals surface area contributed by atoms with Gasteiger partial charge in [-0.25, -0.2) is 18.7 Å². The normalized spacial score (nSPS) is 14.2. The molecule has 0 fully saturated rings. The number of aliphatic hydroxyl groups is 1. The maximum Gasteiger partial charge on any atom is 0.247 e. The molecule has 0 bridgehead atoms. The van der Waals surface area contributed by atoms with Crippen LogP contribution in [0.15, 0.2) is 52.4 Å². The van der Waals surface area contributed by atoms with Crippen molar-refractivity contribution in [2.24, 2.45) is 11.5 Å². The van der Waals surface area contributed by atoms with Gasteiger partial charge in [0, 0.05) is 23.5 Å². The van der Waals surface area contributed by atoms with Crippen molar-refractivity contribution in [1.82, 2.24) is 15.0 Å². The summed E-state index contributed by atoms with van der Waals surface area (Å²) in [5.74, 6) is -1.17. The van der Waals surface area contributed by atoms with Crippen molar-refractivity contribution in [3.63, 3.8) is 0 Å². The van der Waals surface area contributed by atoms with E-state index in [2.05, 4.69) is 15.0 Å². The number of nitrogens with zero attached hydrogens (tertiary/aromatic N) is 3. The number of allylic oxidation sites excluding steroid dienone is 3. The van der Waals surface area contributed by atoms with Crippen LogP contribution in [0, 0.1) is 18.6 Å². The minimum atomic E-state index is -1.17. The molecule has 2 heterocycles. The molecule has 0 saturated carbocycles. The second-order valence-corrected chi connectivity index (χ2v) is 8.56. The summed E-state index contributed by atoms with van der Waals surface area (Å²) >= 11 is 0. The summed E-state index contributed by atoms with van der Waals surface area (Å²) in [6.07, 6.45) is 5.05. The summed E-state index contributed by atoms with van der Waals surface area (Å²) < 4.78 is 34.0. The van der Waals surface area contributed by atoms with Crippen molar-refractivity contribution in [3.8, 4) is 11.6 Å². The molecule has 2 aromatic heterocycles. The summed E-state index contributed by atoms with van der Waals surface area (Å²) in [4.78, 5) is 13.2. The molecule has 0 amide bonds. The molecule has 9 heteroatoms. The van der Waals surface area contributed by atoms with E-state index in [1.807, 2.05) is 13.8 Å². The number of oxazole rings is 1. The highest BCUT2D eigenvalue weighted by atomic mass is 19.1. The van der Waals surface area contributed by atoms with Crippen molar-refractivity contribution in [3.05, 3.63) is 82.3 Å². The first-order valence-corrected chi connectivity index (χ1v) is 10.9. The predicted octanol–water partition coefficient (Wildman–Crippen LogP) is 4.67. The summed E-state index contributed by atoms with van der Waals surface area (Å²) in [6, 6.07) is 3.57. The van der Waals surface area contributed by atoms with Crippen LogP contribution < -0.4 is 11.5 Å². The molecule has 0 saturated heterocycles. The van der Waals surface area contributed by atoms with Gasteiger partial charge in [0.25, 0.3) is 0 Å². The second kappa shape index (κ2) is 9.72. The number of halogens is 2. The van der Waals surface area contributed by atoms with Gasteiger partial charge in [0.2, 0.25) is 5.89 Å². The van der Waals surface area contributed by atoms with Gasteiger partial charge in [-0.15, -0.1) is 0 Å². The van der Waals surface area contributed by atoms with Crippen LogP contribution in [0.25, 0.3) is 17.3 Å². The molecule has 1 atom stereocenters. The van der Waals surface area contributed by atoms with Crippen LogP contribution in [0.2, 0.25) is 0 Å². The average Bonchev–Trinajstić information content (AvgIpc) is 3.18. The van der Waals surface area contributed by atoms with E-state index < -0.39 is 17.2 Å². The molecular weight excluding hydrogens is 440 g/mol. The Hall–Kier alpha value is -3.59. The third-order valence-corrected chi connectivity index (χ3v) is 5.49. The molecular formula is C25H29F2N5O2. The first-order valence-electron chi connectivity index (χ1n) is 10.9. The van der Waals surface area contributed by atoms with Crippen molar-refractivity contribution in [1.29, 1.82) is 0 Å². The van der Waals surface area contributed by atoms with Crippen molar-refractivity contribution >= 4 is 5.70 Å². The highest BCUT2D eigenvalue weighted by Crippen LogP contribution is 2.30. The van der Waals surface area contributed by atoms with E-state index in [4.69, 9.17) is 15.9 Å². The zero-order chi connectivity index (χ0) is 25.2. The van der Waals surface area contributed by atoms with Gasteiger partial charge >= 0.3 is 0 Å². The van der Waals surface area contributed by atoms with Crippen LogP contribution in [0.3, 0.4) is 0 Å². The van der Waals surface area contributed by atoms with Crippen LogP contribution in [0.4, 0.5) is 8.78 Å². The Bertz CT molecular complexity index is 1240. The molecule has 0 aliphatic heterocycles. The smallest absolute Gasteiger partial charge is 0.247 e. The minimum absolute atomic E-state index is 0.0585. The van der Waals surface area contributed by atoms with Gasteiger partial charge in [-0.1, -0.05) is 19.9 Å². The van der Waals surface area contributed by atoms with Crippen LogP contribution in [0.1, 0.15) is 62.7 Å². The molecule has 1 unspecified atom stereocenters. The number of aryl methyl sites for hydroxylation is 1. The third kappa shape index (κ3) is 5.14. The summed E-state index contributed by atoms with van der Waals surface area (Å²) in [5.41, 5.74) is 13.3. The van der Waals surface area contributed by atoms with Crippen molar-refractivity contribution < 1.29 is 18.3 Å². The van der Waals surface area contributed by atoms with Crippen molar-refractivity contribution in [2.45, 2.75) is 52.6 Å². The number of benzene rings is 1. The Morgan fingerprint density at radius 1 is 1.18 bits per heavy atom. The van der Waals surface area contributed by atoms with Crippen molar-refractivity contribution in [2.75, 3.05) is 0 Å². The first kappa shape index (κ1) is 25.0. The summed E-state index contributed by atoms with van der Waals surface area (Å²) in [5, 5.41) is 10.3. The Morgan fingerprint density at radius 3 is 2.38 bits per heavy atom. The van der Waals surface area contributed by atoms with E-state index in [1.54, 1.807) is 27.0 Å². The minimum Gasteiger partial charge on any atom is -0.440 e. The SMILES string of the molecule is CCC(/C=C(\N)c1c(F)cccc1F)=C(/N)C(C)c1cncc(-c2nc(C(C)(C)O)c(C)o2)n1. The molecule has 3 aromatic rings. The number of hydrogen-bond acceptors (Lipinski definition) is 7. The Balaban J connectivity index is 1.98. The topological polar surface area (TPSA) is 124 Å². The zero-order valence-corrected chi connectivity index (χ0v) is 19.9. The lowest BCUT2D eigenvalue weighted by molar-refractivity contribution is 0.0728. The third-order valence-electron chi connectivity index (χ3n) is 5.49. The quantitative estimate of drug-likeness (QED) is 0.430. The van der Waals surface area contributed by atoms with Gasteiger partial charge < -0.3 is 21.0 Å². The highest BCUT2D eigenvalue weighted by molar-refractivity contribution is 5.66. The Labute approximate surface area is 197 Å². The standard InChI is InChI=1S/C25H29F2N5O2/c1-6-15(10-18(28)21-16(26)8-7-9-17(21)27)22(29)13(2)19-11-30-12-20(31-19)24-32-23(14(3)34-24)25(4,5)33/h7-13,33H,6,28-29H2,1-5H3/b18-10-,22-15-. The van der Waals surface area contributed by atoms with E-state index in [1.165, 1.54) is 18.3 Å². The molecule has 0 radical (unpaired) electrons. The molecule has 0 spiro atoms. The maximum atomic E-state index is 14.1. The van der Waals surface area contributed by atoms with Crippen LogP contribution in [-0.2, 0) is 5.60 Å². The molecule has 0 aliphatic rings. The maximum absolute atomic E-state index is 14.1. The van der Waals surface area contributed by atoms with Gasteiger partial charge in [0.05, 0.1) is 17.5 Å². The van der Waals surface area contributed by atoms with Crippen LogP contribution in [0.5, 0.6) is 0 Å². The molecule has 180 valence electrons. The molecule has 7 nitrogen and oxygen atoms in total. The van der Waals surface area contributed by atoms with E-state index in [-0.39, 0.29) is 23.1 Å². The highest BCUT2D eigenvalue weighted by Gasteiger charge is 2.26. The second-order valence-electron chi connectivity index (χ2n) is 8.56. The van der Waals surface area contributed by atoms with E-state index in [0.717, 1.165) is 12.1 Å². The Morgan fingerprint density at radius 2 is 1.82 bits per heavy atom. The van der Waals surface area contributed by atoms with Crippen LogP contribution in [-0.4, -0.2) is 20.1 Å².